The Morgan fingerprint density at radius 2 is 2.00 bits per heavy atom. The van der Waals surface area contributed by atoms with Crippen LogP contribution >= 0.6 is 11.6 Å². The van der Waals surface area contributed by atoms with Gasteiger partial charge >= 0.3 is 6.61 Å². The number of hydrogen-bond donors (Lipinski definition) is 1. The number of anilines is 1. The number of ether oxygens (including phenoxy) is 2. The maximum atomic E-state index is 12.5. The van der Waals surface area contributed by atoms with Crippen LogP contribution in [0.2, 0.25) is 5.02 Å². The summed E-state index contributed by atoms with van der Waals surface area (Å²) in [7, 11) is 0. The number of hydrogen-bond acceptors (Lipinski definition) is 5. The maximum absolute atomic E-state index is 12.5. The van der Waals surface area contributed by atoms with Crippen LogP contribution in [0.15, 0.2) is 30.5 Å². The van der Waals surface area contributed by atoms with Crippen molar-refractivity contribution in [1.29, 1.82) is 0 Å². The van der Waals surface area contributed by atoms with E-state index >= 15 is 0 Å². The van der Waals surface area contributed by atoms with Crippen molar-refractivity contribution in [3.8, 4) is 11.5 Å². The van der Waals surface area contributed by atoms with Crippen LogP contribution < -0.4 is 14.8 Å². The third-order valence-electron chi connectivity index (χ3n) is 4.16. The van der Waals surface area contributed by atoms with Crippen LogP contribution in [0.4, 0.5) is 14.5 Å². The molecule has 0 saturated carbocycles. The van der Waals surface area contributed by atoms with Gasteiger partial charge < -0.3 is 14.8 Å². The zero-order valence-electron chi connectivity index (χ0n) is 16.5. The second kappa shape index (κ2) is 9.12. The minimum absolute atomic E-state index is 0.0996. The molecule has 11 heteroatoms. The number of benzene rings is 1. The Hall–Kier alpha value is -3.14. The van der Waals surface area contributed by atoms with Crippen molar-refractivity contribution in [3.63, 3.8) is 0 Å². The zero-order chi connectivity index (χ0) is 21.8. The first kappa shape index (κ1) is 21.6. The molecule has 3 aromatic rings. The number of nitrogens with one attached hydrogen (secondary N) is 1. The first-order valence-electron chi connectivity index (χ1n) is 9.04. The van der Waals surface area contributed by atoms with Crippen molar-refractivity contribution in [2.45, 2.75) is 34.1 Å². The summed E-state index contributed by atoms with van der Waals surface area (Å²) in [4.78, 5) is 12.5. The van der Waals surface area contributed by atoms with Gasteiger partial charge in [0.15, 0.2) is 17.2 Å². The van der Waals surface area contributed by atoms with Crippen molar-refractivity contribution in [1.82, 2.24) is 19.6 Å². The Morgan fingerprint density at radius 3 is 2.63 bits per heavy atom. The molecule has 8 nitrogen and oxygen atoms in total. The van der Waals surface area contributed by atoms with Crippen LogP contribution in [-0.4, -0.2) is 38.7 Å². The number of aryl methyl sites for hydroxylation is 1. The van der Waals surface area contributed by atoms with Gasteiger partial charge in [0, 0.05) is 18.0 Å². The van der Waals surface area contributed by atoms with Gasteiger partial charge in [0.2, 0.25) is 0 Å². The molecule has 1 aromatic carbocycles. The van der Waals surface area contributed by atoms with E-state index in [-0.39, 0.29) is 23.8 Å². The van der Waals surface area contributed by atoms with Crippen LogP contribution in [0.1, 0.15) is 28.8 Å². The molecule has 0 unspecified atom stereocenters. The van der Waals surface area contributed by atoms with E-state index in [4.69, 9.17) is 16.3 Å². The summed E-state index contributed by atoms with van der Waals surface area (Å²) in [5.74, 6) is -0.481. The van der Waals surface area contributed by atoms with Crippen molar-refractivity contribution in [3.05, 3.63) is 52.6 Å². The number of halogens is 3. The first-order valence-corrected chi connectivity index (χ1v) is 9.42. The highest BCUT2D eigenvalue weighted by Crippen LogP contribution is 2.32. The highest BCUT2D eigenvalue weighted by molar-refractivity contribution is 6.31. The molecular weight excluding hydrogens is 420 g/mol. The molecule has 30 heavy (non-hydrogen) atoms. The van der Waals surface area contributed by atoms with Crippen LogP contribution in [-0.2, 0) is 6.67 Å². The topological polar surface area (TPSA) is 83.2 Å². The number of rotatable bonds is 8. The van der Waals surface area contributed by atoms with Crippen molar-refractivity contribution in [2.75, 3.05) is 11.9 Å². The quantitative estimate of drug-likeness (QED) is 0.571. The molecule has 0 fully saturated rings. The molecule has 0 aliphatic heterocycles. The lowest BCUT2D eigenvalue weighted by atomic mass is 10.2. The van der Waals surface area contributed by atoms with Crippen LogP contribution in [0, 0.1) is 13.8 Å². The normalized spacial score (nSPS) is 11.0. The summed E-state index contributed by atoms with van der Waals surface area (Å²) in [6.45, 7) is 2.92. The molecule has 0 saturated heterocycles. The fraction of sp³-hybridized carbons (Fsp3) is 0.316. The smallest absolute Gasteiger partial charge is 0.387 e. The molecular formula is C19H20ClF2N5O3. The van der Waals surface area contributed by atoms with Gasteiger partial charge in [0.1, 0.15) is 6.67 Å². The van der Waals surface area contributed by atoms with E-state index in [9.17, 15) is 13.6 Å². The molecule has 0 atom stereocenters. The van der Waals surface area contributed by atoms with Gasteiger partial charge in [-0.3, -0.25) is 9.48 Å². The third kappa shape index (κ3) is 4.88. The fourth-order valence-corrected chi connectivity index (χ4v) is 2.89. The molecule has 160 valence electrons. The highest BCUT2D eigenvalue weighted by atomic mass is 35.5. The molecule has 3 rings (SSSR count). The largest absolute Gasteiger partial charge is 0.490 e. The number of aromatic nitrogens is 4. The Bertz CT molecular complexity index is 1050. The van der Waals surface area contributed by atoms with E-state index in [1.807, 2.05) is 13.8 Å². The molecule has 1 amide bonds. The number of carbonyl (C=O) groups excluding carboxylic acids is 1. The minimum Gasteiger partial charge on any atom is -0.490 e. The molecule has 0 aliphatic rings. The minimum atomic E-state index is -2.98. The molecule has 0 bridgehead atoms. The summed E-state index contributed by atoms with van der Waals surface area (Å²) in [5.41, 5.74) is 2.03. The van der Waals surface area contributed by atoms with Gasteiger partial charge in [-0.2, -0.15) is 19.0 Å². The van der Waals surface area contributed by atoms with Crippen LogP contribution in [0.5, 0.6) is 11.5 Å². The number of amides is 1. The monoisotopic (exact) mass is 439 g/mol. The Balaban J connectivity index is 1.72. The van der Waals surface area contributed by atoms with Crippen LogP contribution in [0.3, 0.4) is 0 Å². The number of alkyl halides is 2. The van der Waals surface area contributed by atoms with E-state index in [1.165, 1.54) is 18.2 Å². The van der Waals surface area contributed by atoms with E-state index < -0.39 is 12.5 Å². The van der Waals surface area contributed by atoms with Crippen molar-refractivity contribution in [2.24, 2.45) is 0 Å². The predicted octanol–water partition coefficient (Wildman–Crippen LogP) is 4.11. The average Bonchev–Trinajstić information content (AvgIpc) is 3.25. The van der Waals surface area contributed by atoms with Crippen molar-refractivity contribution >= 4 is 23.2 Å². The molecule has 2 aromatic heterocycles. The van der Waals surface area contributed by atoms with Gasteiger partial charge in [-0.15, -0.1) is 0 Å². The summed E-state index contributed by atoms with van der Waals surface area (Å²) in [6.07, 6.45) is 1.64. The van der Waals surface area contributed by atoms with E-state index in [0.717, 1.165) is 5.69 Å². The SMILES string of the molecule is CCOc1cc(NC(=O)c2ccn(Cn3nc(C)c(Cl)c3C)n2)ccc1OC(F)F. The van der Waals surface area contributed by atoms with Gasteiger partial charge in [0.05, 0.1) is 23.0 Å². The molecule has 0 aliphatic carbocycles. The van der Waals surface area contributed by atoms with E-state index in [1.54, 1.807) is 28.6 Å². The standard InChI is InChI=1S/C19H20ClF2N5O3/c1-4-29-16-9-13(5-6-15(16)30-19(21)22)23-18(28)14-7-8-26(25-14)10-27-12(3)17(20)11(2)24-27/h5-9,19H,4,10H2,1-3H3,(H,23,28). The second-order valence-corrected chi connectivity index (χ2v) is 6.67. The number of carbonyl (C=O) groups is 1. The van der Waals surface area contributed by atoms with E-state index in [0.29, 0.717) is 23.1 Å². The van der Waals surface area contributed by atoms with Crippen LogP contribution in [0.25, 0.3) is 0 Å². The third-order valence-corrected chi connectivity index (χ3v) is 4.71. The predicted molar refractivity (Wildman–Crippen MR) is 107 cm³/mol. The average molecular weight is 440 g/mol. The van der Waals surface area contributed by atoms with Crippen molar-refractivity contribution < 1.29 is 23.0 Å². The molecule has 0 spiro atoms. The Kier molecular flexibility index (Phi) is 6.56. The van der Waals surface area contributed by atoms with Gasteiger partial charge in [0.25, 0.3) is 5.91 Å². The Labute approximate surface area is 176 Å². The lowest BCUT2D eigenvalue weighted by Gasteiger charge is -2.13. The molecule has 1 N–H and O–H groups in total. The molecule has 2 heterocycles. The van der Waals surface area contributed by atoms with Gasteiger partial charge in [-0.1, -0.05) is 11.6 Å². The summed E-state index contributed by atoms with van der Waals surface area (Å²) >= 11 is 6.15. The number of nitrogens with zero attached hydrogens (tertiary/aromatic N) is 4. The summed E-state index contributed by atoms with van der Waals surface area (Å²) in [5, 5.41) is 11.8. The maximum Gasteiger partial charge on any atom is 0.387 e. The first-order chi connectivity index (χ1) is 14.3. The molecule has 0 radical (unpaired) electrons. The lowest BCUT2D eigenvalue weighted by Crippen LogP contribution is -2.16. The lowest BCUT2D eigenvalue weighted by molar-refractivity contribution is -0.0514. The summed E-state index contributed by atoms with van der Waals surface area (Å²) < 4.78 is 38.0. The summed E-state index contributed by atoms with van der Waals surface area (Å²) in [6, 6.07) is 5.71. The highest BCUT2D eigenvalue weighted by Gasteiger charge is 2.15. The zero-order valence-corrected chi connectivity index (χ0v) is 17.3. The van der Waals surface area contributed by atoms with Gasteiger partial charge in [-0.05, 0) is 39.0 Å². The van der Waals surface area contributed by atoms with E-state index in [2.05, 4.69) is 20.3 Å². The van der Waals surface area contributed by atoms with Gasteiger partial charge in [-0.25, -0.2) is 4.68 Å². The Morgan fingerprint density at radius 1 is 1.23 bits per heavy atom. The second-order valence-electron chi connectivity index (χ2n) is 6.29. The fourth-order valence-electron chi connectivity index (χ4n) is 2.75.